The molecule has 3 rings (SSSR count). The lowest BCUT2D eigenvalue weighted by atomic mass is 10.1. The predicted octanol–water partition coefficient (Wildman–Crippen LogP) is 2.80. The molecule has 0 fully saturated rings. The lowest BCUT2D eigenvalue weighted by molar-refractivity contribution is -0.402. The zero-order valence-electron chi connectivity index (χ0n) is 10.6. The van der Waals surface area contributed by atoms with Gasteiger partial charge in [0.2, 0.25) is 0 Å². The first-order chi connectivity index (χ1) is 10.1. The van der Waals surface area contributed by atoms with Gasteiger partial charge in [-0.05, 0) is 18.2 Å². The molecule has 1 aliphatic rings. The van der Waals surface area contributed by atoms with Crippen LogP contribution >= 0.6 is 15.9 Å². The number of aliphatic hydroxyl groups is 1. The van der Waals surface area contributed by atoms with Gasteiger partial charge in [-0.3, -0.25) is 10.1 Å². The van der Waals surface area contributed by atoms with Crippen molar-refractivity contribution in [1.82, 2.24) is 0 Å². The van der Waals surface area contributed by atoms with Crippen LogP contribution in [0.4, 0.5) is 5.88 Å². The molecule has 1 atom stereocenters. The van der Waals surface area contributed by atoms with Gasteiger partial charge in [-0.15, -0.1) is 0 Å². The van der Waals surface area contributed by atoms with Crippen molar-refractivity contribution in [3.8, 4) is 11.5 Å². The summed E-state index contributed by atoms with van der Waals surface area (Å²) < 4.78 is 16.5. The van der Waals surface area contributed by atoms with E-state index in [1.165, 1.54) is 12.1 Å². The van der Waals surface area contributed by atoms with Crippen LogP contribution in [-0.2, 0) is 0 Å². The van der Waals surface area contributed by atoms with E-state index in [0.29, 0.717) is 34.7 Å². The Morgan fingerprint density at radius 3 is 2.52 bits per heavy atom. The van der Waals surface area contributed by atoms with Crippen LogP contribution in [0, 0.1) is 10.1 Å². The first-order valence-electron chi connectivity index (χ1n) is 6.07. The third kappa shape index (κ3) is 2.59. The molecule has 1 aromatic carbocycles. The quantitative estimate of drug-likeness (QED) is 0.671. The Bertz CT molecular complexity index is 698. The van der Waals surface area contributed by atoms with Crippen LogP contribution in [0.15, 0.2) is 33.2 Å². The molecule has 2 heterocycles. The molecule has 0 bridgehead atoms. The number of rotatable bonds is 3. The first-order valence-corrected chi connectivity index (χ1v) is 6.87. The summed E-state index contributed by atoms with van der Waals surface area (Å²) in [6, 6.07) is 5.87. The summed E-state index contributed by atoms with van der Waals surface area (Å²) in [5.74, 6) is 0.755. The van der Waals surface area contributed by atoms with Crippen LogP contribution in [0.1, 0.15) is 17.4 Å². The summed E-state index contributed by atoms with van der Waals surface area (Å²) in [4.78, 5) is 9.96. The van der Waals surface area contributed by atoms with E-state index in [-0.39, 0.29) is 5.76 Å². The molecule has 110 valence electrons. The maximum atomic E-state index is 10.6. The standard InChI is InChI=1S/C13H10BrNO6/c14-8-6-11-10(19-3-4-20-11)5-7(8)13(16)9-1-2-12(21-9)15(17)18/h1-2,5-6,13,16H,3-4H2. The molecule has 1 aliphatic heterocycles. The zero-order valence-corrected chi connectivity index (χ0v) is 12.2. The summed E-state index contributed by atoms with van der Waals surface area (Å²) in [5, 5.41) is 20.9. The minimum Gasteiger partial charge on any atom is -0.486 e. The fourth-order valence-electron chi connectivity index (χ4n) is 2.03. The second kappa shape index (κ2) is 5.38. The second-order valence-electron chi connectivity index (χ2n) is 4.35. The Morgan fingerprint density at radius 1 is 1.24 bits per heavy atom. The van der Waals surface area contributed by atoms with Gasteiger partial charge in [0.1, 0.15) is 30.0 Å². The fourth-order valence-corrected chi connectivity index (χ4v) is 2.57. The van der Waals surface area contributed by atoms with Crippen molar-refractivity contribution in [3.05, 3.63) is 50.2 Å². The minimum atomic E-state index is -1.15. The summed E-state index contributed by atoms with van der Waals surface area (Å²) in [6.45, 7) is 0.891. The van der Waals surface area contributed by atoms with Crippen molar-refractivity contribution in [1.29, 1.82) is 0 Å². The van der Waals surface area contributed by atoms with Crippen molar-refractivity contribution in [2.75, 3.05) is 13.2 Å². The lowest BCUT2D eigenvalue weighted by Gasteiger charge is -2.21. The zero-order chi connectivity index (χ0) is 15.0. The Balaban J connectivity index is 1.96. The Hall–Kier alpha value is -2.06. The van der Waals surface area contributed by atoms with Crippen LogP contribution in [-0.4, -0.2) is 23.2 Å². The molecule has 1 unspecified atom stereocenters. The summed E-state index contributed by atoms with van der Waals surface area (Å²) in [7, 11) is 0. The number of ether oxygens (including phenoxy) is 2. The van der Waals surface area contributed by atoms with Gasteiger partial charge in [-0.1, -0.05) is 15.9 Å². The molecular weight excluding hydrogens is 346 g/mol. The number of furan rings is 1. The van der Waals surface area contributed by atoms with Crippen molar-refractivity contribution in [2.24, 2.45) is 0 Å². The molecule has 0 amide bonds. The molecular formula is C13H10BrNO6. The van der Waals surface area contributed by atoms with Gasteiger partial charge in [-0.25, -0.2) is 0 Å². The van der Waals surface area contributed by atoms with E-state index in [4.69, 9.17) is 13.9 Å². The highest BCUT2D eigenvalue weighted by Gasteiger charge is 2.24. The predicted molar refractivity (Wildman–Crippen MR) is 74.6 cm³/mol. The van der Waals surface area contributed by atoms with Gasteiger partial charge in [-0.2, -0.15) is 0 Å². The number of benzene rings is 1. The van der Waals surface area contributed by atoms with E-state index < -0.39 is 16.9 Å². The van der Waals surface area contributed by atoms with Crippen LogP contribution < -0.4 is 9.47 Å². The van der Waals surface area contributed by atoms with Crippen molar-refractivity contribution in [2.45, 2.75) is 6.10 Å². The molecule has 7 nitrogen and oxygen atoms in total. The third-order valence-corrected chi connectivity index (χ3v) is 3.70. The molecule has 0 radical (unpaired) electrons. The van der Waals surface area contributed by atoms with Crippen molar-refractivity contribution in [3.63, 3.8) is 0 Å². The van der Waals surface area contributed by atoms with E-state index in [1.54, 1.807) is 12.1 Å². The van der Waals surface area contributed by atoms with Crippen LogP contribution in [0.3, 0.4) is 0 Å². The molecule has 0 saturated heterocycles. The van der Waals surface area contributed by atoms with Crippen molar-refractivity contribution >= 4 is 21.8 Å². The average molecular weight is 356 g/mol. The molecule has 21 heavy (non-hydrogen) atoms. The normalized spacial score (nSPS) is 14.8. The van der Waals surface area contributed by atoms with Crippen LogP contribution in [0.25, 0.3) is 0 Å². The lowest BCUT2D eigenvalue weighted by Crippen LogP contribution is -2.16. The van der Waals surface area contributed by atoms with Crippen LogP contribution in [0.2, 0.25) is 0 Å². The minimum absolute atomic E-state index is 0.0825. The average Bonchev–Trinajstić information content (AvgIpc) is 2.96. The van der Waals surface area contributed by atoms with E-state index in [1.807, 2.05) is 0 Å². The van der Waals surface area contributed by atoms with E-state index >= 15 is 0 Å². The number of halogens is 1. The Morgan fingerprint density at radius 2 is 1.90 bits per heavy atom. The third-order valence-electron chi connectivity index (χ3n) is 3.02. The molecule has 2 aromatic rings. The smallest absolute Gasteiger partial charge is 0.433 e. The number of fused-ring (bicyclic) bond motifs is 1. The highest BCUT2D eigenvalue weighted by atomic mass is 79.9. The number of hydrogen-bond donors (Lipinski definition) is 1. The Labute approximate surface area is 127 Å². The monoisotopic (exact) mass is 355 g/mol. The molecule has 0 saturated carbocycles. The SMILES string of the molecule is O=[N+]([O-])c1ccc(C(O)c2cc3c(cc2Br)OCCO3)o1. The number of hydrogen-bond acceptors (Lipinski definition) is 6. The summed E-state index contributed by atoms with van der Waals surface area (Å²) >= 11 is 3.34. The highest BCUT2D eigenvalue weighted by Crippen LogP contribution is 2.40. The van der Waals surface area contributed by atoms with E-state index in [2.05, 4.69) is 15.9 Å². The molecule has 1 N–H and O–H groups in total. The molecule has 0 aliphatic carbocycles. The fraction of sp³-hybridized carbons (Fsp3) is 0.231. The van der Waals surface area contributed by atoms with Gasteiger partial charge < -0.3 is 19.0 Å². The summed E-state index contributed by atoms with van der Waals surface area (Å²) in [5.41, 5.74) is 0.475. The van der Waals surface area contributed by atoms with Crippen molar-refractivity contribution < 1.29 is 23.9 Å². The first kappa shape index (κ1) is 13.9. The van der Waals surface area contributed by atoms with Gasteiger partial charge in [0.25, 0.3) is 0 Å². The largest absolute Gasteiger partial charge is 0.486 e. The van der Waals surface area contributed by atoms with E-state index in [9.17, 15) is 15.2 Å². The molecule has 8 heteroatoms. The topological polar surface area (TPSA) is 95.0 Å². The molecule has 1 aromatic heterocycles. The number of aliphatic hydroxyl groups excluding tert-OH is 1. The molecule has 0 spiro atoms. The summed E-state index contributed by atoms with van der Waals surface area (Å²) in [6.07, 6.45) is -1.15. The van der Waals surface area contributed by atoms with Gasteiger partial charge in [0.15, 0.2) is 11.5 Å². The van der Waals surface area contributed by atoms with Crippen LogP contribution in [0.5, 0.6) is 11.5 Å². The van der Waals surface area contributed by atoms with E-state index in [0.717, 1.165) is 0 Å². The number of nitro groups is 1. The maximum absolute atomic E-state index is 10.6. The Kier molecular flexibility index (Phi) is 3.56. The van der Waals surface area contributed by atoms with Gasteiger partial charge in [0, 0.05) is 10.0 Å². The van der Waals surface area contributed by atoms with Gasteiger partial charge >= 0.3 is 5.88 Å². The highest BCUT2D eigenvalue weighted by molar-refractivity contribution is 9.10. The number of nitrogens with zero attached hydrogens (tertiary/aromatic N) is 1. The van der Waals surface area contributed by atoms with Gasteiger partial charge in [0.05, 0.1) is 6.07 Å². The second-order valence-corrected chi connectivity index (χ2v) is 5.21. The maximum Gasteiger partial charge on any atom is 0.433 e.